The summed E-state index contributed by atoms with van der Waals surface area (Å²) in [5.41, 5.74) is 1.77. The minimum absolute atomic E-state index is 0.103. The first-order chi connectivity index (χ1) is 10.6. The van der Waals surface area contributed by atoms with Crippen molar-refractivity contribution in [1.82, 2.24) is 20.4 Å². The zero-order valence-corrected chi connectivity index (χ0v) is 13.3. The minimum atomic E-state index is -0.439. The molecule has 2 rings (SSSR count). The zero-order valence-electron chi connectivity index (χ0n) is 13.3. The van der Waals surface area contributed by atoms with Gasteiger partial charge in [-0.2, -0.15) is 5.10 Å². The number of hydrogen-bond donors (Lipinski definition) is 2. The van der Waals surface area contributed by atoms with E-state index in [1.54, 1.807) is 25.0 Å². The van der Waals surface area contributed by atoms with Crippen LogP contribution in [0.25, 0.3) is 0 Å². The van der Waals surface area contributed by atoms with Crippen molar-refractivity contribution in [3.63, 3.8) is 0 Å². The summed E-state index contributed by atoms with van der Waals surface area (Å²) in [6.07, 6.45) is 3.52. The van der Waals surface area contributed by atoms with E-state index < -0.39 is 6.04 Å². The van der Waals surface area contributed by atoms with Crippen molar-refractivity contribution in [2.45, 2.75) is 19.0 Å². The third-order valence-corrected chi connectivity index (χ3v) is 3.57. The lowest BCUT2D eigenvalue weighted by Crippen LogP contribution is -2.37. The molecule has 1 amide bonds. The van der Waals surface area contributed by atoms with Crippen molar-refractivity contribution < 1.29 is 9.53 Å². The van der Waals surface area contributed by atoms with Gasteiger partial charge in [-0.15, -0.1) is 0 Å². The molecule has 2 aromatic rings. The summed E-state index contributed by atoms with van der Waals surface area (Å²) in [6, 6.07) is 7.07. The molecule has 0 saturated heterocycles. The molecule has 0 aliphatic carbocycles. The molecule has 1 aromatic carbocycles. The van der Waals surface area contributed by atoms with Crippen LogP contribution in [0.15, 0.2) is 36.7 Å². The van der Waals surface area contributed by atoms with Gasteiger partial charge in [0.1, 0.15) is 11.8 Å². The smallest absolute Gasteiger partial charge is 0.242 e. The number of rotatable bonds is 6. The fourth-order valence-corrected chi connectivity index (χ4v) is 2.44. The SMILES string of the molecule is CNC(C(=O)NC(C)c1ccccc1OC)c1cnn(C)c1. The van der Waals surface area contributed by atoms with Gasteiger partial charge in [-0.3, -0.25) is 9.48 Å². The third kappa shape index (κ3) is 3.46. The highest BCUT2D eigenvalue weighted by molar-refractivity contribution is 5.83. The molecule has 0 saturated carbocycles. The van der Waals surface area contributed by atoms with Crippen LogP contribution in [0.1, 0.15) is 30.1 Å². The van der Waals surface area contributed by atoms with Gasteiger partial charge in [0, 0.05) is 24.4 Å². The van der Waals surface area contributed by atoms with Crippen LogP contribution in [0.3, 0.4) is 0 Å². The number of ether oxygens (including phenoxy) is 1. The predicted octanol–water partition coefficient (Wildman–Crippen LogP) is 1.57. The van der Waals surface area contributed by atoms with Gasteiger partial charge in [0.05, 0.1) is 19.3 Å². The fraction of sp³-hybridized carbons (Fsp3) is 0.375. The molecule has 0 aliphatic rings. The monoisotopic (exact) mass is 302 g/mol. The first-order valence-corrected chi connectivity index (χ1v) is 7.16. The van der Waals surface area contributed by atoms with Gasteiger partial charge in [0.2, 0.25) is 5.91 Å². The molecule has 0 radical (unpaired) electrons. The average Bonchev–Trinajstić information content (AvgIpc) is 2.94. The maximum Gasteiger partial charge on any atom is 0.242 e. The number of hydrogen-bond acceptors (Lipinski definition) is 4. The Morgan fingerprint density at radius 3 is 2.68 bits per heavy atom. The number of methoxy groups -OCH3 is 1. The molecule has 0 aliphatic heterocycles. The standard InChI is InChI=1S/C16H22N4O2/c1-11(13-7-5-6-8-14(13)22-4)19-16(21)15(17-2)12-9-18-20(3)10-12/h5-11,15,17H,1-4H3,(H,19,21). The molecular formula is C16H22N4O2. The summed E-state index contributed by atoms with van der Waals surface area (Å²) in [5.74, 6) is 0.659. The molecule has 6 heteroatoms. The number of aryl methyl sites for hydroxylation is 1. The fourth-order valence-electron chi connectivity index (χ4n) is 2.44. The number of amides is 1. The Morgan fingerprint density at radius 2 is 2.09 bits per heavy atom. The van der Waals surface area contributed by atoms with E-state index in [1.807, 2.05) is 44.4 Å². The van der Waals surface area contributed by atoms with Crippen molar-refractivity contribution in [3.8, 4) is 5.75 Å². The van der Waals surface area contributed by atoms with E-state index in [1.165, 1.54) is 0 Å². The largest absolute Gasteiger partial charge is 0.496 e. The number of para-hydroxylation sites is 1. The lowest BCUT2D eigenvalue weighted by atomic mass is 10.1. The number of benzene rings is 1. The van der Waals surface area contributed by atoms with E-state index in [0.29, 0.717) is 0 Å². The van der Waals surface area contributed by atoms with Crippen molar-refractivity contribution in [2.75, 3.05) is 14.2 Å². The lowest BCUT2D eigenvalue weighted by Gasteiger charge is -2.21. The topological polar surface area (TPSA) is 68.2 Å². The zero-order chi connectivity index (χ0) is 16.1. The number of nitrogens with zero attached hydrogens (tertiary/aromatic N) is 2. The summed E-state index contributed by atoms with van der Waals surface area (Å²) in [7, 11) is 5.20. The summed E-state index contributed by atoms with van der Waals surface area (Å²) < 4.78 is 7.02. The molecule has 118 valence electrons. The van der Waals surface area contributed by atoms with Crippen LogP contribution in [-0.2, 0) is 11.8 Å². The highest BCUT2D eigenvalue weighted by Gasteiger charge is 2.22. The van der Waals surface area contributed by atoms with E-state index in [-0.39, 0.29) is 11.9 Å². The molecule has 0 fully saturated rings. The molecule has 0 spiro atoms. The third-order valence-electron chi connectivity index (χ3n) is 3.57. The number of carbonyl (C=O) groups excluding carboxylic acids is 1. The summed E-state index contributed by atoms with van der Waals surface area (Å²) in [6.45, 7) is 1.94. The van der Waals surface area contributed by atoms with Gasteiger partial charge in [0.15, 0.2) is 0 Å². The number of aromatic nitrogens is 2. The van der Waals surface area contributed by atoms with E-state index in [4.69, 9.17) is 4.74 Å². The second-order valence-corrected chi connectivity index (χ2v) is 5.14. The van der Waals surface area contributed by atoms with Gasteiger partial charge >= 0.3 is 0 Å². The Balaban J connectivity index is 2.13. The Kier molecular flexibility index (Phi) is 5.16. The molecule has 1 heterocycles. The van der Waals surface area contributed by atoms with Crippen molar-refractivity contribution in [3.05, 3.63) is 47.8 Å². The van der Waals surface area contributed by atoms with Crippen LogP contribution in [0.5, 0.6) is 5.75 Å². The molecule has 2 unspecified atom stereocenters. The van der Waals surface area contributed by atoms with E-state index in [0.717, 1.165) is 16.9 Å². The normalized spacial score (nSPS) is 13.5. The van der Waals surface area contributed by atoms with Crippen molar-refractivity contribution in [2.24, 2.45) is 7.05 Å². The number of likely N-dealkylation sites (N-methyl/N-ethyl adjacent to an activating group) is 1. The first-order valence-electron chi connectivity index (χ1n) is 7.16. The van der Waals surface area contributed by atoms with Crippen molar-refractivity contribution >= 4 is 5.91 Å². The predicted molar refractivity (Wildman–Crippen MR) is 84.6 cm³/mol. The Morgan fingerprint density at radius 1 is 1.36 bits per heavy atom. The number of nitrogens with one attached hydrogen (secondary N) is 2. The van der Waals surface area contributed by atoms with Gasteiger partial charge in [-0.1, -0.05) is 18.2 Å². The average molecular weight is 302 g/mol. The van der Waals surface area contributed by atoms with Gasteiger partial charge in [0.25, 0.3) is 0 Å². The van der Waals surface area contributed by atoms with Crippen LogP contribution < -0.4 is 15.4 Å². The molecule has 6 nitrogen and oxygen atoms in total. The van der Waals surface area contributed by atoms with E-state index in [9.17, 15) is 4.79 Å². The maximum atomic E-state index is 12.5. The highest BCUT2D eigenvalue weighted by atomic mass is 16.5. The van der Waals surface area contributed by atoms with Gasteiger partial charge in [-0.25, -0.2) is 0 Å². The quantitative estimate of drug-likeness (QED) is 0.850. The highest BCUT2D eigenvalue weighted by Crippen LogP contribution is 2.25. The van der Waals surface area contributed by atoms with Gasteiger partial charge in [-0.05, 0) is 20.0 Å². The Hall–Kier alpha value is -2.34. The van der Waals surface area contributed by atoms with Crippen LogP contribution in [0.2, 0.25) is 0 Å². The molecule has 2 N–H and O–H groups in total. The van der Waals surface area contributed by atoms with Crippen molar-refractivity contribution in [1.29, 1.82) is 0 Å². The summed E-state index contributed by atoms with van der Waals surface area (Å²) in [5, 5.41) is 10.1. The Labute approximate surface area is 130 Å². The first kappa shape index (κ1) is 16.0. The second kappa shape index (κ2) is 7.09. The molecule has 22 heavy (non-hydrogen) atoms. The van der Waals surface area contributed by atoms with E-state index >= 15 is 0 Å². The second-order valence-electron chi connectivity index (χ2n) is 5.14. The number of carbonyl (C=O) groups is 1. The minimum Gasteiger partial charge on any atom is -0.496 e. The molecule has 2 atom stereocenters. The van der Waals surface area contributed by atoms with Crippen LogP contribution >= 0.6 is 0 Å². The van der Waals surface area contributed by atoms with Crippen LogP contribution in [0, 0.1) is 0 Å². The maximum absolute atomic E-state index is 12.5. The Bertz CT molecular complexity index is 639. The molecule has 1 aromatic heterocycles. The summed E-state index contributed by atoms with van der Waals surface area (Å²) >= 11 is 0. The van der Waals surface area contributed by atoms with Crippen LogP contribution in [0.4, 0.5) is 0 Å². The molecule has 0 bridgehead atoms. The lowest BCUT2D eigenvalue weighted by molar-refractivity contribution is -0.123. The van der Waals surface area contributed by atoms with Gasteiger partial charge < -0.3 is 15.4 Å². The van der Waals surface area contributed by atoms with Crippen LogP contribution in [-0.4, -0.2) is 29.8 Å². The van der Waals surface area contributed by atoms with E-state index in [2.05, 4.69) is 15.7 Å². The molecular weight excluding hydrogens is 280 g/mol. The summed E-state index contributed by atoms with van der Waals surface area (Å²) in [4.78, 5) is 12.5.